The molecule has 2 rings (SSSR count). The van der Waals surface area contributed by atoms with E-state index in [-0.39, 0.29) is 17.1 Å². The summed E-state index contributed by atoms with van der Waals surface area (Å²) in [6.07, 6.45) is 1.46. The van der Waals surface area contributed by atoms with E-state index in [1.807, 2.05) is 0 Å². The molecule has 1 saturated heterocycles. The maximum atomic E-state index is 13.3. The first-order valence-corrected chi connectivity index (χ1v) is 8.15. The van der Waals surface area contributed by atoms with Gasteiger partial charge < -0.3 is 16.0 Å². The summed E-state index contributed by atoms with van der Waals surface area (Å²) in [5.74, 6) is -1.94. The normalized spacial score (nSPS) is 19.6. The van der Waals surface area contributed by atoms with Crippen LogP contribution < -0.4 is 16.0 Å². The Bertz CT molecular complexity index is 640. The number of rotatable bonds is 2. The highest BCUT2D eigenvalue weighted by Gasteiger charge is 2.38. The molecule has 2 amide bonds. The quantitative estimate of drug-likeness (QED) is 0.727. The maximum absolute atomic E-state index is 13.3. The molecular weight excluding hydrogens is 309 g/mol. The van der Waals surface area contributed by atoms with Crippen LogP contribution in [0, 0.1) is 12.7 Å². The van der Waals surface area contributed by atoms with Crippen molar-refractivity contribution in [1.82, 2.24) is 10.6 Å². The van der Waals surface area contributed by atoms with Crippen LogP contribution in [0.5, 0.6) is 0 Å². The standard InChI is InChI=1S/C18H26FN3O2/c1-11-6-7-12(19)8-14(11)21-16(24)15(23)20-13-9-17(2,3)22-18(4,5)10-13/h6-8,13,22H,9-10H2,1-5H3,(H,20,23)(H,21,24). The zero-order chi connectivity index (χ0) is 18.1. The van der Waals surface area contributed by atoms with Crippen LogP contribution >= 0.6 is 0 Å². The molecule has 0 saturated carbocycles. The summed E-state index contributed by atoms with van der Waals surface area (Å²) in [4.78, 5) is 24.3. The van der Waals surface area contributed by atoms with E-state index in [0.29, 0.717) is 11.3 Å². The Morgan fingerprint density at radius 1 is 1.12 bits per heavy atom. The third kappa shape index (κ3) is 4.77. The highest BCUT2D eigenvalue weighted by molar-refractivity contribution is 6.39. The molecule has 0 spiro atoms. The van der Waals surface area contributed by atoms with E-state index in [4.69, 9.17) is 0 Å². The fourth-order valence-corrected chi connectivity index (χ4v) is 3.58. The van der Waals surface area contributed by atoms with Crippen molar-refractivity contribution in [2.45, 2.75) is 64.6 Å². The highest BCUT2D eigenvalue weighted by Crippen LogP contribution is 2.28. The highest BCUT2D eigenvalue weighted by atomic mass is 19.1. The van der Waals surface area contributed by atoms with Gasteiger partial charge >= 0.3 is 11.8 Å². The number of carbonyl (C=O) groups is 2. The van der Waals surface area contributed by atoms with Crippen molar-refractivity contribution in [3.05, 3.63) is 29.6 Å². The second-order valence-electron chi connectivity index (χ2n) is 7.88. The molecule has 5 nitrogen and oxygen atoms in total. The summed E-state index contributed by atoms with van der Waals surface area (Å²) in [5, 5.41) is 8.80. The first kappa shape index (κ1) is 18.4. The molecule has 1 aromatic carbocycles. The number of hydrogen-bond donors (Lipinski definition) is 3. The predicted molar refractivity (Wildman–Crippen MR) is 92.2 cm³/mol. The van der Waals surface area contributed by atoms with Gasteiger partial charge in [-0.05, 0) is 65.2 Å². The van der Waals surface area contributed by atoms with Gasteiger partial charge in [0.1, 0.15) is 5.82 Å². The van der Waals surface area contributed by atoms with E-state index in [2.05, 4.69) is 43.6 Å². The van der Waals surface area contributed by atoms with E-state index in [0.717, 1.165) is 12.8 Å². The van der Waals surface area contributed by atoms with Gasteiger partial charge in [-0.15, -0.1) is 0 Å². The van der Waals surface area contributed by atoms with Gasteiger partial charge in [-0.3, -0.25) is 9.59 Å². The number of carbonyl (C=O) groups excluding carboxylic acids is 2. The van der Waals surface area contributed by atoms with Gasteiger partial charge in [0.15, 0.2) is 0 Å². The van der Waals surface area contributed by atoms with Crippen LogP contribution in [-0.2, 0) is 9.59 Å². The van der Waals surface area contributed by atoms with Crippen molar-refractivity contribution >= 4 is 17.5 Å². The second kappa shape index (κ2) is 6.51. The molecule has 24 heavy (non-hydrogen) atoms. The Labute approximate surface area is 142 Å². The SMILES string of the molecule is Cc1ccc(F)cc1NC(=O)C(=O)NC1CC(C)(C)NC(C)(C)C1. The number of aryl methyl sites for hydroxylation is 1. The van der Waals surface area contributed by atoms with E-state index >= 15 is 0 Å². The lowest BCUT2D eigenvalue weighted by atomic mass is 9.79. The van der Waals surface area contributed by atoms with Crippen LogP contribution in [0.25, 0.3) is 0 Å². The van der Waals surface area contributed by atoms with E-state index in [1.165, 1.54) is 12.1 Å². The molecule has 3 N–H and O–H groups in total. The van der Waals surface area contributed by atoms with Gasteiger partial charge in [0.2, 0.25) is 0 Å². The first-order chi connectivity index (χ1) is 11.0. The summed E-state index contributed by atoms with van der Waals surface area (Å²) in [6, 6.07) is 3.98. The lowest BCUT2D eigenvalue weighted by Crippen LogP contribution is -2.62. The smallest absolute Gasteiger partial charge is 0.313 e. The zero-order valence-corrected chi connectivity index (χ0v) is 14.9. The molecule has 1 fully saturated rings. The fraction of sp³-hybridized carbons (Fsp3) is 0.556. The van der Waals surface area contributed by atoms with Crippen LogP contribution in [0.1, 0.15) is 46.1 Å². The Hall–Kier alpha value is -1.95. The van der Waals surface area contributed by atoms with Crippen LogP contribution in [0.3, 0.4) is 0 Å². The topological polar surface area (TPSA) is 70.2 Å². The summed E-state index contributed by atoms with van der Waals surface area (Å²) in [5.41, 5.74) is 0.743. The number of nitrogens with one attached hydrogen (secondary N) is 3. The predicted octanol–water partition coefficient (Wildman–Crippen LogP) is 2.50. The summed E-state index contributed by atoms with van der Waals surface area (Å²) in [6.45, 7) is 10.0. The molecule has 0 aromatic heterocycles. The molecule has 6 heteroatoms. The fourth-order valence-electron chi connectivity index (χ4n) is 3.58. The molecule has 1 aliphatic heterocycles. The monoisotopic (exact) mass is 335 g/mol. The molecule has 0 atom stereocenters. The lowest BCUT2D eigenvalue weighted by molar-refractivity contribution is -0.137. The van der Waals surface area contributed by atoms with Gasteiger partial charge in [-0.1, -0.05) is 6.07 Å². The van der Waals surface area contributed by atoms with Crippen molar-refractivity contribution in [2.24, 2.45) is 0 Å². The maximum Gasteiger partial charge on any atom is 0.313 e. The Balaban J connectivity index is 2.01. The van der Waals surface area contributed by atoms with Gasteiger partial charge in [0, 0.05) is 22.8 Å². The molecular formula is C18H26FN3O2. The van der Waals surface area contributed by atoms with Crippen molar-refractivity contribution < 1.29 is 14.0 Å². The minimum atomic E-state index is -0.780. The Kier molecular flexibility index (Phi) is 4.99. The van der Waals surface area contributed by atoms with Crippen molar-refractivity contribution in [2.75, 3.05) is 5.32 Å². The van der Waals surface area contributed by atoms with Gasteiger partial charge in [0.05, 0.1) is 0 Å². The minimum Gasteiger partial charge on any atom is -0.345 e. The average molecular weight is 335 g/mol. The van der Waals surface area contributed by atoms with Gasteiger partial charge in [0.25, 0.3) is 0 Å². The molecule has 0 unspecified atom stereocenters. The van der Waals surface area contributed by atoms with Crippen LogP contribution in [0.15, 0.2) is 18.2 Å². The number of amides is 2. The molecule has 0 aliphatic carbocycles. The average Bonchev–Trinajstić information content (AvgIpc) is 2.39. The minimum absolute atomic E-state index is 0.0943. The molecule has 0 radical (unpaired) electrons. The third-order valence-corrected chi connectivity index (χ3v) is 4.18. The molecule has 132 valence electrons. The molecule has 0 bridgehead atoms. The number of anilines is 1. The lowest BCUT2D eigenvalue weighted by Gasteiger charge is -2.46. The summed E-state index contributed by atoms with van der Waals surface area (Å²) >= 11 is 0. The van der Waals surface area contributed by atoms with Crippen LogP contribution in [0.4, 0.5) is 10.1 Å². The van der Waals surface area contributed by atoms with Crippen molar-refractivity contribution in [1.29, 1.82) is 0 Å². The Morgan fingerprint density at radius 2 is 1.71 bits per heavy atom. The first-order valence-electron chi connectivity index (χ1n) is 8.15. The van der Waals surface area contributed by atoms with E-state index < -0.39 is 17.6 Å². The van der Waals surface area contributed by atoms with Gasteiger partial charge in [-0.2, -0.15) is 0 Å². The molecule has 1 aliphatic rings. The van der Waals surface area contributed by atoms with Crippen molar-refractivity contribution in [3.63, 3.8) is 0 Å². The van der Waals surface area contributed by atoms with Gasteiger partial charge in [-0.25, -0.2) is 4.39 Å². The number of hydrogen-bond acceptors (Lipinski definition) is 3. The van der Waals surface area contributed by atoms with Crippen LogP contribution in [-0.4, -0.2) is 28.9 Å². The molecule has 1 aromatic rings. The van der Waals surface area contributed by atoms with E-state index in [9.17, 15) is 14.0 Å². The second-order valence-corrected chi connectivity index (χ2v) is 7.88. The van der Waals surface area contributed by atoms with E-state index in [1.54, 1.807) is 13.0 Å². The summed E-state index contributed by atoms with van der Waals surface area (Å²) < 4.78 is 13.3. The number of halogens is 1. The largest absolute Gasteiger partial charge is 0.345 e. The summed E-state index contributed by atoms with van der Waals surface area (Å²) in [7, 11) is 0. The Morgan fingerprint density at radius 3 is 2.29 bits per heavy atom. The van der Waals surface area contributed by atoms with Crippen LogP contribution in [0.2, 0.25) is 0 Å². The number of piperidine rings is 1. The number of benzene rings is 1. The van der Waals surface area contributed by atoms with Crippen molar-refractivity contribution in [3.8, 4) is 0 Å². The third-order valence-electron chi connectivity index (χ3n) is 4.18. The molecule has 1 heterocycles. The zero-order valence-electron chi connectivity index (χ0n) is 14.9.